The van der Waals surface area contributed by atoms with Crippen LogP contribution in [0.1, 0.15) is 15.9 Å². The predicted octanol–water partition coefficient (Wildman–Crippen LogP) is 3.29. The van der Waals surface area contributed by atoms with Gasteiger partial charge in [-0.15, -0.1) is 0 Å². The fourth-order valence-corrected chi connectivity index (χ4v) is 2.20. The maximum atomic E-state index is 11.2. The minimum absolute atomic E-state index is 0.189. The number of benzene rings is 2. The number of carboxylic acid groups (broad SMARTS) is 1. The Morgan fingerprint density at radius 2 is 1.88 bits per heavy atom. The van der Waals surface area contributed by atoms with Gasteiger partial charge in [0.1, 0.15) is 18.6 Å². The second kappa shape index (κ2) is 8.64. The molecule has 1 N–H and O–H groups in total. The Labute approximate surface area is 140 Å². The van der Waals surface area contributed by atoms with E-state index < -0.39 is 5.97 Å². The SMILES string of the molecule is COCCOc1ccc(-c2cc(C(=O)O)ccc2C=CC=O)cc1. The van der Waals surface area contributed by atoms with Crippen molar-refractivity contribution in [3.63, 3.8) is 0 Å². The highest BCUT2D eigenvalue weighted by Crippen LogP contribution is 2.28. The molecule has 0 aliphatic carbocycles. The molecule has 2 rings (SSSR count). The first kappa shape index (κ1) is 17.4. The fraction of sp³-hybridized carbons (Fsp3) is 0.158. The Bertz CT molecular complexity index is 732. The highest BCUT2D eigenvalue weighted by Gasteiger charge is 2.09. The van der Waals surface area contributed by atoms with Gasteiger partial charge in [0.25, 0.3) is 0 Å². The summed E-state index contributed by atoms with van der Waals surface area (Å²) in [6, 6.07) is 12.1. The molecule has 0 spiro atoms. The van der Waals surface area contributed by atoms with E-state index in [4.69, 9.17) is 9.47 Å². The van der Waals surface area contributed by atoms with Gasteiger partial charge in [0.2, 0.25) is 0 Å². The van der Waals surface area contributed by atoms with E-state index in [1.807, 2.05) is 24.3 Å². The van der Waals surface area contributed by atoms with Crippen LogP contribution in [0, 0.1) is 0 Å². The molecule has 0 saturated carbocycles. The lowest BCUT2D eigenvalue weighted by Gasteiger charge is -2.10. The second-order valence-electron chi connectivity index (χ2n) is 4.97. The Morgan fingerprint density at radius 1 is 1.12 bits per heavy atom. The highest BCUT2D eigenvalue weighted by atomic mass is 16.5. The molecule has 0 saturated heterocycles. The van der Waals surface area contributed by atoms with E-state index in [0.717, 1.165) is 16.7 Å². The molecule has 0 unspecified atom stereocenters. The lowest BCUT2D eigenvalue weighted by atomic mass is 9.97. The number of carbonyl (C=O) groups is 2. The van der Waals surface area contributed by atoms with Crippen LogP contribution in [-0.4, -0.2) is 37.7 Å². The lowest BCUT2D eigenvalue weighted by molar-refractivity contribution is -0.104. The van der Waals surface area contributed by atoms with E-state index in [9.17, 15) is 14.7 Å². The minimum Gasteiger partial charge on any atom is -0.491 e. The van der Waals surface area contributed by atoms with Crippen LogP contribution in [0.2, 0.25) is 0 Å². The Morgan fingerprint density at radius 3 is 2.50 bits per heavy atom. The number of carboxylic acids is 1. The monoisotopic (exact) mass is 326 g/mol. The van der Waals surface area contributed by atoms with Gasteiger partial charge >= 0.3 is 5.97 Å². The number of ether oxygens (including phenoxy) is 2. The predicted molar refractivity (Wildman–Crippen MR) is 91.3 cm³/mol. The fourth-order valence-electron chi connectivity index (χ4n) is 2.20. The number of aromatic carboxylic acids is 1. The Balaban J connectivity index is 2.34. The van der Waals surface area contributed by atoms with Crippen molar-refractivity contribution in [2.24, 2.45) is 0 Å². The van der Waals surface area contributed by atoms with Gasteiger partial charge in [0, 0.05) is 7.11 Å². The lowest BCUT2D eigenvalue weighted by Crippen LogP contribution is -2.04. The first-order chi connectivity index (χ1) is 11.7. The molecule has 5 nitrogen and oxygen atoms in total. The smallest absolute Gasteiger partial charge is 0.335 e. The molecule has 0 atom stereocenters. The van der Waals surface area contributed by atoms with Crippen molar-refractivity contribution in [2.45, 2.75) is 0 Å². The molecule has 0 fully saturated rings. The average molecular weight is 326 g/mol. The first-order valence-corrected chi connectivity index (χ1v) is 7.37. The van der Waals surface area contributed by atoms with Gasteiger partial charge < -0.3 is 14.6 Å². The van der Waals surface area contributed by atoms with E-state index in [-0.39, 0.29) is 5.56 Å². The van der Waals surface area contributed by atoms with Crippen LogP contribution in [0.5, 0.6) is 5.75 Å². The zero-order valence-electron chi connectivity index (χ0n) is 13.3. The van der Waals surface area contributed by atoms with Crippen molar-refractivity contribution in [1.82, 2.24) is 0 Å². The van der Waals surface area contributed by atoms with Crippen LogP contribution < -0.4 is 4.74 Å². The van der Waals surface area contributed by atoms with E-state index in [1.54, 1.807) is 25.3 Å². The van der Waals surface area contributed by atoms with Crippen molar-refractivity contribution in [3.05, 3.63) is 59.7 Å². The molecule has 24 heavy (non-hydrogen) atoms. The number of methoxy groups -OCH3 is 1. The number of hydrogen-bond donors (Lipinski definition) is 1. The third-order valence-electron chi connectivity index (χ3n) is 3.38. The zero-order chi connectivity index (χ0) is 17.4. The van der Waals surface area contributed by atoms with E-state index in [0.29, 0.717) is 25.2 Å². The van der Waals surface area contributed by atoms with Gasteiger partial charge in [-0.05, 0) is 47.0 Å². The second-order valence-corrected chi connectivity index (χ2v) is 4.97. The summed E-state index contributed by atoms with van der Waals surface area (Å²) in [5, 5.41) is 9.18. The summed E-state index contributed by atoms with van der Waals surface area (Å²) in [6.07, 6.45) is 3.71. The molecule has 0 aromatic heterocycles. The van der Waals surface area contributed by atoms with Crippen molar-refractivity contribution in [3.8, 4) is 16.9 Å². The number of hydrogen-bond acceptors (Lipinski definition) is 4. The van der Waals surface area contributed by atoms with E-state index >= 15 is 0 Å². The maximum Gasteiger partial charge on any atom is 0.335 e. The van der Waals surface area contributed by atoms with Gasteiger partial charge in [-0.3, -0.25) is 4.79 Å². The normalized spacial score (nSPS) is 10.7. The quantitative estimate of drug-likeness (QED) is 0.458. The summed E-state index contributed by atoms with van der Waals surface area (Å²) in [4.78, 5) is 21.8. The van der Waals surface area contributed by atoms with Gasteiger partial charge in [0.05, 0.1) is 12.2 Å². The zero-order valence-corrected chi connectivity index (χ0v) is 13.3. The van der Waals surface area contributed by atoms with Crippen LogP contribution in [-0.2, 0) is 9.53 Å². The average Bonchev–Trinajstić information content (AvgIpc) is 2.60. The van der Waals surface area contributed by atoms with E-state index in [2.05, 4.69) is 0 Å². The molecule has 2 aromatic rings. The standard InChI is InChI=1S/C19H18O5/c1-23-11-12-24-17-8-6-15(7-9-17)18-13-16(19(21)22)5-4-14(18)3-2-10-20/h2-10,13H,11-12H2,1H3,(H,21,22). The topological polar surface area (TPSA) is 72.8 Å². The van der Waals surface area contributed by atoms with Crippen LogP contribution >= 0.6 is 0 Å². The summed E-state index contributed by atoms with van der Waals surface area (Å²) >= 11 is 0. The summed E-state index contributed by atoms with van der Waals surface area (Å²) < 4.78 is 10.4. The van der Waals surface area contributed by atoms with Crippen molar-refractivity contribution < 1.29 is 24.2 Å². The molecule has 0 radical (unpaired) electrons. The van der Waals surface area contributed by atoms with Crippen LogP contribution in [0.15, 0.2) is 48.5 Å². The number of aldehydes is 1. The van der Waals surface area contributed by atoms with Crippen molar-refractivity contribution in [1.29, 1.82) is 0 Å². The summed E-state index contributed by atoms with van der Waals surface area (Å²) in [5.41, 5.74) is 2.52. The van der Waals surface area contributed by atoms with Gasteiger partial charge in [-0.25, -0.2) is 4.79 Å². The largest absolute Gasteiger partial charge is 0.491 e. The molecule has 0 aliphatic rings. The van der Waals surface area contributed by atoms with Gasteiger partial charge in [-0.1, -0.05) is 24.3 Å². The summed E-state index contributed by atoms with van der Waals surface area (Å²) in [6.45, 7) is 0.959. The molecule has 0 amide bonds. The molecule has 2 aromatic carbocycles. The highest BCUT2D eigenvalue weighted by molar-refractivity contribution is 5.91. The molecule has 124 valence electrons. The van der Waals surface area contributed by atoms with E-state index in [1.165, 1.54) is 12.1 Å². The number of allylic oxidation sites excluding steroid dienone is 1. The summed E-state index contributed by atoms with van der Waals surface area (Å²) in [5.74, 6) is -0.295. The third-order valence-corrected chi connectivity index (χ3v) is 3.38. The molecule has 0 bridgehead atoms. The van der Waals surface area contributed by atoms with Crippen molar-refractivity contribution in [2.75, 3.05) is 20.3 Å². The maximum absolute atomic E-state index is 11.2. The van der Waals surface area contributed by atoms with Crippen LogP contribution in [0.4, 0.5) is 0 Å². The molecular formula is C19H18O5. The minimum atomic E-state index is -0.998. The van der Waals surface area contributed by atoms with Gasteiger partial charge in [0.15, 0.2) is 0 Å². The molecular weight excluding hydrogens is 308 g/mol. The first-order valence-electron chi connectivity index (χ1n) is 7.37. The third kappa shape index (κ3) is 4.54. The molecule has 5 heteroatoms. The number of carbonyl (C=O) groups excluding carboxylic acids is 1. The Hall–Kier alpha value is -2.92. The van der Waals surface area contributed by atoms with Gasteiger partial charge in [-0.2, -0.15) is 0 Å². The van der Waals surface area contributed by atoms with Crippen LogP contribution in [0.25, 0.3) is 17.2 Å². The Kier molecular flexibility index (Phi) is 6.28. The number of rotatable bonds is 8. The molecule has 0 aliphatic heterocycles. The summed E-state index contributed by atoms with van der Waals surface area (Å²) in [7, 11) is 1.61. The van der Waals surface area contributed by atoms with Crippen molar-refractivity contribution >= 4 is 18.3 Å². The molecule has 0 heterocycles. The van der Waals surface area contributed by atoms with Crippen LogP contribution in [0.3, 0.4) is 0 Å².